The number of carbonyl (C=O) groups excluding carboxylic acids is 1. The Morgan fingerprint density at radius 1 is 1.21 bits per heavy atom. The summed E-state index contributed by atoms with van der Waals surface area (Å²) in [6.45, 7) is 0. The third-order valence-electron chi connectivity index (χ3n) is 2.06. The molecule has 0 aliphatic carbocycles. The van der Waals surface area contributed by atoms with Crippen molar-refractivity contribution in [3.8, 4) is 0 Å². The number of aromatic carboxylic acids is 1. The normalized spacial score (nSPS) is 10.8. The number of rotatable bonds is 4. The zero-order valence-electron chi connectivity index (χ0n) is 9.42. The highest BCUT2D eigenvalue weighted by atomic mass is 35.5. The molecule has 98 valence electrons. The van der Waals surface area contributed by atoms with Crippen LogP contribution in [0.3, 0.4) is 0 Å². The molecule has 4 nitrogen and oxygen atoms in total. The lowest BCUT2D eigenvalue weighted by molar-refractivity contribution is -0.111. The molecule has 2 heterocycles. The van der Waals surface area contributed by atoms with E-state index in [4.69, 9.17) is 16.7 Å². The molecule has 0 unspecified atom stereocenters. The Labute approximate surface area is 122 Å². The van der Waals surface area contributed by atoms with Crippen molar-refractivity contribution >= 4 is 57.2 Å². The number of halogens is 1. The van der Waals surface area contributed by atoms with Crippen LogP contribution in [0.5, 0.6) is 0 Å². The van der Waals surface area contributed by atoms with Crippen molar-refractivity contribution < 1.29 is 14.7 Å². The van der Waals surface area contributed by atoms with Crippen molar-refractivity contribution in [2.24, 2.45) is 0 Å². The van der Waals surface area contributed by atoms with Crippen molar-refractivity contribution in [3.63, 3.8) is 0 Å². The minimum Gasteiger partial charge on any atom is -0.477 e. The molecule has 2 N–H and O–H groups in total. The first kappa shape index (κ1) is 13.8. The largest absolute Gasteiger partial charge is 0.477 e. The van der Waals surface area contributed by atoms with Crippen LogP contribution in [-0.4, -0.2) is 17.0 Å². The number of anilines is 1. The molecule has 2 aromatic rings. The lowest BCUT2D eigenvalue weighted by Crippen LogP contribution is -2.05. The topological polar surface area (TPSA) is 66.4 Å². The van der Waals surface area contributed by atoms with Gasteiger partial charge in [-0.25, -0.2) is 4.79 Å². The number of hydrogen-bond acceptors (Lipinski definition) is 4. The van der Waals surface area contributed by atoms with Gasteiger partial charge in [-0.05, 0) is 30.3 Å². The summed E-state index contributed by atoms with van der Waals surface area (Å²) in [5.41, 5.74) is 0. The second-order valence-electron chi connectivity index (χ2n) is 3.43. The molecule has 2 rings (SSSR count). The third kappa shape index (κ3) is 3.92. The fraction of sp³-hybridized carbons (Fsp3) is 0. The summed E-state index contributed by atoms with van der Waals surface area (Å²) in [6, 6.07) is 6.57. The molecule has 0 saturated heterocycles. The van der Waals surface area contributed by atoms with Crippen LogP contribution < -0.4 is 5.32 Å². The summed E-state index contributed by atoms with van der Waals surface area (Å²) < 4.78 is 0.657. The molecule has 7 heteroatoms. The molecule has 0 aliphatic heterocycles. The second kappa shape index (κ2) is 6.01. The molecule has 0 fully saturated rings. The summed E-state index contributed by atoms with van der Waals surface area (Å²) >= 11 is 8.15. The van der Waals surface area contributed by atoms with E-state index in [1.54, 1.807) is 18.2 Å². The van der Waals surface area contributed by atoms with E-state index >= 15 is 0 Å². The molecule has 0 bridgehead atoms. The van der Waals surface area contributed by atoms with E-state index in [0.29, 0.717) is 9.34 Å². The summed E-state index contributed by atoms with van der Waals surface area (Å²) in [5, 5.41) is 11.9. The van der Waals surface area contributed by atoms with Crippen molar-refractivity contribution in [2.75, 3.05) is 5.32 Å². The molecule has 0 saturated carbocycles. The highest BCUT2D eigenvalue weighted by Gasteiger charge is 2.07. The molecule has 0 aromatic carbocycles. The standard InChI is InChI=1S/C12H8ClNO3S2/c13-9-4-1-7(18-9)2-5-10(15)14-11-6-3-8(19-11)12(16)17/h1-6H,(H,14,15)(H,16,17)/b5-2+. The maximum Gasteiger partial charge on any atom is 0.345 e. The summed E-state index contributed by atoms with van der Waals surface area (Å²) in [5.74, 6) is -1.32. The van der Waals surface area contributed by atoms with Crippen LogP contribution in [0, 0.1) is 0 Å². The smallest absolute Gasteiger partial charge is 0.345 e. The first-order valence-corrected chi connectivity index (χ1v) is 7.13. The van der Waals surface area contributed by atoms with Gasteiger partial charge in [-0.2, -0.15) is 0 Å². The van der Waals surface area contributed by atoms with Crippen molar-refractivity contribution in [1.82, 2.24) is 0 Å². The van der Waals surface area contributed by atoms with E-state index in [1.807, 2.05) is 6.07 Å². The van der Waals surface area contributed by atoms with Gasteiger partial charge in [0.2, 0.25) is 5.91 Å². The average molecular weight is 314 g/mol. The van der Waals surface area contributed by atoms with Gasteiger partial charge >= 0.3 is 5.97 Å². The van der Waals surface area contributed by atoms with Gasteiger partial charge in [-0.15, -0.1) is 22.7 Å². The number of amides is 1. The number of carboxylic acid groups (broad SMARTS) is 1. The van der Waals surface area contributed by atoms with E-state index in [2.05, 4.69) is 5.32 Å². The van der Waals surface area contributed by atoms with Gasteiger partial charge in [0.15, 0.2) is 0 Å². The van der Waals surface area contributed by atoms with Crippen LogP contribution in [0.1, 0.15) is 14.5 Å². The first-order chi connectivity index (χ1) is 9.04. The molecule has 0 aliphatic rings. The SMILES string of the molecule is O=C(/C=C/c1ccc(Cl)s1)Nc1ccc(C(=O)O)s1. The quantitative estimate of drug-likeness (QED) is 0.843. The van der Waals surface area contributed by atoms with Gasteiger partial charge in [0, 0.05) is 11.0 Å². The molecule has 2 aromatic heterocycles. The van der Waals surface area contributed by atoms with E-state index < -0.39 is 5.97 Å². The summed E-state index contributed by atoms with van der Waals surface area (Å²) in [4.78, 5) is 23.3. The lowest BCUT2D eigenvalue weighted by Gasteiger charge is -1.95. The lowest BCUT2D eigenvalue weighted by atomic mass is 10.4. The van der Waals surface area contributed by atoms with Crippen molar-refractivity contribution in [1.29, 1.82) is 0 Å². The van der Waals surface area contributed by atoms with Crippen LogP contribution in [0.15, 0.2) is 30.3 Å². The van der Waals surface area contributed by atoms with Gasteiger partial charge in [-0.1, -0.05) is 11.6 Å². The van der Waals surface area contributed by atoms with Gasteiger partial charge in [0.05, 0.1) is 9.34 Å². The average Bonchev–Trinajstić information content (AvgIpc) is 2.96. The Morgan fingerprint density at radius 3 is 2.58 bits per heavy atom. The van der Waals surface area contributed by atoms with Crippen LogP contribution in [-0.2, 0) is 4.79 Å². The zero-order valence-corrected chi connectivity index (χ0v) is 11.8. The Hall–Kier alpha value is -1.63. The molecule has 0 radical (unpaired) electrons. The molecule has 0 atom stereocenters. The van der Waals surface area contributed by atoms with Gasteiger partial charge < -0.3 is 10.4 Å². The number of hydrogen-bond donors (Lipinski definition) is 2. The Bertz CT molecular complexity index is 645. The summed E-state index contributed by atoms with van der Waals surface area (Å²) in [7, 11) is 0. The maximum atomic E-state index is 11.6. The van der Waals surface area contributed by atoms with Gasteiger partial charge in [0.1, 0.15) is 4.88 Å². The number of thiophene rings is 2. The molecule has 0 spiro atoms. The zero-order chi connectivity index (χ0) is 13.8. The van der Waals surface area contributed by atoms with Crippen LogP contribution in [0.25, 0.3) is 6.08 Å². The monoisotopic (exact) mass is 313 g/mol. The van der Waals surface area contributed by atoms with E-state index in [1.165, 1.54) is 23.5 Å². The van der Waals surface area contributed by atoms with Crippen LogP contribution >= 0.6 is 34.3 Å². The first-order valence-electron chi connectivity index (χ1n) is 5.12. The van der Waals surface area contributed by atoms with E-state index in [-0.39, 0.29) is 10.8 Å². The Balaban J connectivity index is 1.97. The number of carbonyl (C=O) groups is 2. The van der Waals surface area contributed by atoms with Crippen molar-refractivity contribution in [2.45, 2.75) is 0 Å². The molecule has 1 amide bonds. The minimum atomic E-state index is -1.01. The number of carboxylic acids is 1. The van der Waals surface area contributed by atoms with Gasteiger partial charge in [0.25, 0.3) is 0 Å². The highest BCUT2D eigenvalue weighted by Crippen LogP contribution is 2.23. The Morgan fingerprint density at radius 2 is 2.00 bits per heavy atom. The molecular formula is C12H8ClNO3S2. The van der Waals surface area contributed by atoms with E-state index in [0.717, 1.165) is 16.2 Å². The predicted octanol–water partition coefficient (Wildman–Crippen LogP) is 3.81. The minimum absolute atomic E-state index is 0.185. The Kier molecular flexibility index (Phi) is 4.36. The highest BCUT2D eigenvalue weighted by molar-refractivity contribution is 7.18. The summed E-state index contributed by atoms with van der Waals surface area (Å²) in [6.07, 6.45) is 3.03. The van der Waals surface area contributed by atoms with Crippen LogP contribution in [0.2, 0.25) is 4.34 Å². The molecular weight excluding hydrogens is 306 g/mol. The molecule has 19 heavy (non-hydrogen) atoms. The number of nitrogens with one attached hydrogen (secondary N) is 1. The second-order valence-corrected chi connectivity index (χ2v) is 6.26. The van der Waals surface area contributed by atoms with Gasteiger partial charge in [-0.3, -0.25) is 4.79 Å². The predicted molar refractivity (Wildman–Crippen MR) is 78.3 cm³/mol. The maximum absolute atomic E-state index is 11.6. The fourth-order valence-electron chi connectivity index (χ4n) is 1.26. The van der Waals surface area contributed by atoms with Crippen molar-refractivity contribution in [3.05, 3.63) is 44.4 Å². The fourth-order valence-corrected chi connectivity index (χ4v) is 2.97. The van der Waals surface area contributed by atoms with Crippen LogP contribution in [0.4, 0.5) is 5.00 Å². The van der Waals surface area contributed by atoms with E-state index in [9.17, 15) is 9.59 Å². The third-order valence-corrected chi connectivity index (χ3v) is 4.24.